The Morgan fingerprint density at radius 1 is 1.27 bits per heavy atom. The SMILES string of the molecule is C=CC(=O)N1CCN2c3nc(=O)n(C4CCOC4)c4cc(-c5c(O)cccc5F)c(Cl)c(c34)OC[C@@H]2C1. The molecule has 1 aromatic heterocycles. The van der Waals surface area contributed by atoms with Crippen LogP contribution in [-0.2, 0) is 9.53 Å². The standard InChI is InChI=1S/C26H24ClFN4O5/c1-2-20(34)30-7-8-31-15(11-30)13-37-24-22-18(32(14-6-9-36-12-14)26(35)29-25(22)31)10-16(23(24)27)21-17(28)4-3-5-19(21)33/h2-5,10,14-15,33H,1,6-9,11-13H2/t14?,15-/m0/s1. The molecule has 3 aliphatic heterocycles. The zero-order valence-corrected chi connectivity index (χ0v) is 20.6. The molecule has 192 valence electrons. The number of aromatic hydroxyl groups is 1. The number of rotatable bonds is 3. The van der Waals surface area contributed by atoms with Crippen LogP contribution in [0.1, 0.15) is 12.5 Å². The lowest BCUT2D eigenvalue weighted by atomic mass is 10.00. The van der Waals surface area contributed by atoms with Gasteiger partial charge in [-0.3, -0.25) is 9.36 Å². The summed E-state index contributed by atoms with van der Waals surface area (Å²) in [6.07, 6.45) is 1.88. The molecule has 2 saturated heterocycles. The molecule has 2 fully saturated rings. The molecule has 3 aliphatic rings. The van der Waals surface area contributed by atoms with Crippen LogP contribution in [0.2, 0.25) is 5.02 Å². The van der Waals surface area contributed by atoms with Gasteiger partial charge in [0.1, 0.15) is 24.0 Å². The minimum atomic E-state index is -0.662. The maximum absolute atomic E-state index is 15.0. The van der Waals surface area contributed by atoms with E-state index in [1.165, 1.54) is 24.3 Å². The molecular formula is C26H24ClFN4O5. The normalized spacial score (nSPS) is 20.9. The molecule has 1 N–H and O–H groups in total. The van der Waals surface area contributed by atoms with Gasteiger partial charge in [-0.1, -0.05) is 24.2 Å². The molecule has 2 atom stereocenters. The third-order valence-corrected chi connectivity index (χ3v) is 7.66. The number of amides is 1. The third kappa shape index (κ3) is 3.74. The Kier molecular flexibility index (Phi) is 5.80. The van der Waals surface area contributed by atoms with Gasteiger partial charge in [0.2, 0.25) is 5.91 Å². The van der Waals surface area contributed by atoms with Crippen molar-refractivity contribution in [3.05, 3.63) is 58.2 Å². The van der Waals surface area contributed by atoms with Crippen molar-refractivity contribution in [2.75, 3.05) is 44.4 Å². The fourth-order valence-electron chi connectivity index (χ4n) is 5.50. The number of nitrogens with zero attached hydrogens (tertiary/aromatic N) is 4. The van der Waals surface area contributed by atoms with Crippen LogP contribution in [0, 0.1) is 5.82 Å². The largest absolute Gasteiger partial charge is 0.507 e. The molecule has 0 radical (unpaired) electrons. The van der Waals surface area contributed by atoms with Crippen LogP contribution in [-0.4, -0.2) is 71.0 Å². The molecule has 1 unspecified atom stereocenters. The van der Waals surface area contributed by atoms with Gasteiger partial charge in [-0.05, 0) is 30.7 Å². The second kappa shape index (κ2) is 9.04. The summed E-state index contributed by atoms with van der Waals surface area (Å²) in [5.41, 5.74) is 0.111. The number of halogens is 2. The van der Waals surface area contributed by atoms with E-state index in [4.69, 9.17) is 21.1 Å². The van der Waals surface area contributed by atoms with Gasteiger partial charge in [-0.2, -0.15) is 4.98 Å². The number of phenols is 1. The number of aromatic nitrogens is 2. The number of fused-ring (bicyclic) bond motifs is 2. The molecule has 3 aromatic rings. The summed E-state index contributed by atoms with van der Waals surface area (Å²) in [6.45, 7) is 5.76. The molecule has 2 aromatic carbocycles. The van der Waals surface area contributed by atoms with Crippen LogP contribution in [0.25, 0.3) is 22.0 Å². The average Bonchev–Trinajstić information content (AvgIpc) is 3.36. The second-order valence-electron chi connectivity index (χ2n) is 9.35. The predicted octanol–water partition coefficient (Wildman–Crippen LogP) is 3.12. The highest BCUT2D eigenvalue weighted by Crippen LogP contribution is 2.48. The molecule has 9 nitrogen and oxygen atoms in total. The minimum Gasteiger partial charge on any atom is -0.507 e. The molecule has 4 heterocycles. The Balaban J connectivity index is 1.62. The van der Waals surface area contributed by atoms with Gasteiger partial charge in [0, 0.05) is 31.8 Å². The Morgan fingerprint density at radius 2 is 2.11 bits per heavy atom. The lowest BCUT2D eigenvalue weighted by molar-refractivity contribution is -0.126. The predicted molar refractivity (Wildman–Crippen MR) is 136 cm³/mol. The van der Waals surface area contributed by atoms with Crippen molar-refractivity contribution >= 4 is 34.2 Å². The van der Waals surface area contributed by atoms with E-state index in [0.29, 0.717) is 56.0 Å². The summed E-state index contributed by atoms with van der Waals surface area (Å²) < 4.78 is 28.3. The Bertz CT molecular complexity index is 1480. The summed E-state index contributed by atoms with van der Waals surface area (Å²) >= 11 is 6.86. The van der Waals surface area contributed by atoms with E-state index < -0.39 is 11.5 Å². The van der Waals surface area contributed by atoms with Gasteiger partial charge in [-0.15, -0.1) is 0 Å². The second-order valence-corrected chi connectivity index (χ2v) is 9.73. The molecule has 37 heavy (non-hydrogen) atoms. The maximum atomic E-state index is 15.0. The number of phenolic OH excluding ortho intramolecular Hbond substituents is 1. The highest BCUT2D eigenvalue weighted by Gasteiger charge is 2.37. The Labute approximate surface area is 216 Å². The number of carbonyl (C=O) groups is 1. The highest BCUT2D eigenvalue weighted by atomic mass is 35.5. The molecule has 1 amide bonds. The number of anilines is 1. The lowest BCUT2D eigenvalue weighted by Crippen LogP contribution is -2.56. The first kappa shape index (κ1) is 23.7. The van der Waals surface area contributed by atoms with Crippen LogP contribution >= 0.6 is 11.6 Å². The van der Waals surface area contributed by atoms with Gasteiger partial charge >= 0.3 is 5.69 Å². The summed E-state index contributed by atoms with van der Waals surface area (Å²) in [4.78, 5) is 33.9. The van der Waals surface area contributed by atoms with E-state index in [-0.39, 0.29) is 52.2 Å². The molecule has 0 spiro atoms. The van der Waals surface area contributed by atoms with Crippen molar-refractivity contribution in [2.24, 2.45) is 0 Å². The van der Waals surface area contributed by atoms with E-state index in [9.17, 15) is 19.1 Å². The van der Waals surface area contributed by atoms with E-state index in [2.05, 4.69) is 11.6 Å². The van der Waals surface area contributed by atoms with Crippen molar-refractivity contribution in [3.8, 4) is 22.6 Å². The van der Waals surface area contributed by atoms with Gasteiger partial charge in [-0.25, -0.2) is 9.18 Å². The zero-order chi connectivity index (χ0) is 25.8. The summed E-state index contributed by atoms with van der Waals surface area (Å²) in [7, 11) is 0. The van der Waals surface area contributed by atoms with E-state index in [0.717, 1.165) is 0 Å². The Hall–Kier alpha value is -3.63. The summed E-state index contributed by atoms with van der Waals surface area (Å²) in [5, 5.41) is 11.2. The van der Waals surface area contributed by atoms with Gasteiger partial charge in [0.25, 0.3) is 0 Å². The molecule has 0 aliphatic carbocycles. The monoisotopic (exact) mass is 526 g/mol. The van der Waals surface area contributed by atoms with Gasteiger partial charge in [0.15, 0.2) is 5.75 Å². The number of benzene rings is 2. The first-order chi connectivity index (χ1) is 17.9. The number of carbonyl (C=O) groups excluding carboxylic acids is 1. The molecule has 11 heteroatoms. The van der Waals surface area contributed by atoms with E-state index >= 15 is 0 Å². The first-order valence-electron chi connectivity index (χ1n) is 12.0. The number of hydrogen-bond acceptors (Lipinski definition) is 7. The summed E-state index contributed by atoms with van der Waals surface area (Å²) in [6, 6.07) is 5.05. The zero-order valence-electron chi connectivity index (χ0n) is 19.8. The fraction of sp³-hybridized carbons (Fsp3) is 0.346. The van der Waals surface area contributed by atoms with Crippen LogP contribution in [0.4, 0.5) is 10.2 Å². The maximum Gasteiger partial charge on any atom is 0.350 e. The van der Waals surface area contributed by atoms with E-state index in [1.807, 2.05) is 4.90 Å². The number of ether oxygens (including phenoxy) is 2. The van der Waals surface area contributed by atoms with Crippen molar-refractivity contribution in [3.63, 3.8) is 0 Å². The van der Waals surface area contributed by atoms with E-state index in [1.54, 1.807) is 15.5 Å². The molecule has 0 bridgehead atoms. The summed E-state index contributed by atoms with van der Waals surface area (Å²) in [5.74, 6) is -0.477. The van der Waals surface area contributed by atoms with Crippen molar-refractivity contribution < 1.29 is 23.8 Å². The number of hydrogen-bond donors (Lipinski definition) is 1. The smallest absolute Gasteiger partial charge is 0.350 e. The topological polar surface area (TPSA) is 97.1 Å². The van der Waals surface area contributed by atoms with Gasteiger partial charge in [0.05, 0.1) is 40.2 Å². The van der Waals surface area contributed by atoms with Crippen molar-refractivity contribution in [1.82, 2.24) is 14.5 Å². The van der Waals surface area contributed by atoms with Crippen molar-refractivity contribution in [2.45, 2.75) is 18.5 Å². The minimum absolute atomic E-state index is 0.0843. The molecule has 6 rings (SSSR count). The van der Waals surface area contributed by atoms with Crippen LogP contribution in [0.3, 0.4) is 0 Å². The van der Waals surface area contributed by atoms with Gasteiger partial charge < -0.3 is 24.4 Å². The first-order valence-corrected chi connectivity index (χ1v) is 12.4. The van der Waals surface area contributed by atoms with Crippen LogP contribution < -0.4 is 15.3 Å². The van der Waals surface area contributed by atoms with Crippen LogP contribution in [0.15, 0.2) is 41.7 Å². The average molecular weight is 527 g/mol. The molecule has 0 saturated carbocycles. The fourth-order valence-corrected chi connectivity index (χ4v) is 5.80. The lowest BCUT2D eigenvalue weighted by Gasteiger charge is -2.40. The van der Waals surface area contributed by atoms with Crippen molar-refractivity contribution in [1.29, 1.82) is 0 Å². The molecular weight excluding hydrogens is 503 g/mol. The Morgan fingerprint density at radius 3 is 2.84 bits per heavy atom. The quantitative estimate of drug-likeness (QED) is 0.524. The third-order valence-electron chi connectivity index (χ3n) is 7.28. The highest BCUT2D eigenvalue weighted by molar-refractivity contribution is 6.36. The number of piperazine rings is 1. The van der Waals surface area contributed by atoms with Crippen LogP contribution in [0.5, 0.6) is 11.5 Å².